The Morgan fingerprint density at radius 3 is 0.474 bits per heavy atom. The van der Waals surface area contributed by atoms with E-state index in [1.54, 1.807) is 0 Å². The molecule has 0 aliphatic heterocycles. The second-order valence-electron chi connectivity index (χ2n) is 9.25. The molecular weight excluding hydrogens is 403 g/mol. The van der Waals surface area contributed by atoms with Crippen molar-refractivity contribution in [1.29, 1.82) is 0 Å². The SMILES string of the molecule is C[Si](C)(C)N[Si](C)(C)C.C[Si](C)(C)N[Si](C)(C)C.[SnH2]. The first-order valence-electron chi connectivity index (χ1n) is 7.00. The summed E-state index contributed by atoms with van der Waals surface area (Å²) in [5, 5.41) is 0. The molecule has 0 rings (SSSR count). The van der Waals surface area contributed by atoms with Crippen molar-refractivity contribution in [3.8, 4) is 0 Å². The number of hydrogen-bond donors (Lipinski definition) is 2. The van der Waals surface area contributed by atoms with Crippen molar-refractivity contribution in [2.45, 2.75) is 78.6 Å². The predicted molar refractivity (Wildman–Crippen MR) is 108 cm³/mol. The van der Waals surface area contributed by atoms with Crippen LogP contribution in [0.5, 0.6) is 0 Å². The molecule has 0 unspecified atom stereocenters. The van der Waals surface area contributed by atoms with Gasteiger partial charge in [-0.2, -0.15) is 0 Å². The van der Waals surface area contributed by atoms with E-state index < -0.39 is 32.9 Å². The molecule has 2 nitrogen and oxygen atoms in total. The van der Waals surface area contributed by atoms with E-state index in [1.807, 2.05) is 0 Å². The molecule has 0 aromatic heterocycles. The molecule has 0 atom stereocenters. The van der Waals surface area contributed by atoms with Crippen LogP contribution in [0.2, 0.25) is 78.6 Å². The summed E-state index contributed by atoms with van der Waals surface area (Å²) in [6.45, 7) is 28.2. The van der Waals surface area contributed by atoms with Gasteiger partial charge in [0.25, 0.3) is 0 Å². The van der Waals surface area contributed by atoms with Gasteiger partial charge in [0.05, 0.1) is 0 Å². The molecular formula is C12H40N2Si4Sn. The van der Waals surface area contributed by atoms with Crippen molar-refractivity contribution < 1.29 is 0 Å². The van der Waals surface area contributed by atoms with Gasteiger partial charge in [0.2, 0.25) is 0 Å². The van der Waals surface area contributed by atoms with Crippen molar-refractivity contribution in [3.63, 3.8) is 0 Å². The van der Waals surface area contributed by atoms with Gasteiger partial charge in [0.15, 0.2) is 0 Å². The summed E-state index contributed by atoms with van der Waals surface area (Å²) in [7, 11) is -3.92. The molecule has 0 aliphatic carbocycles. The summed E-state index contributed by atoms with van der Waals surface area (Å²) < 4.78 is 7.47. The maximum absolute atomic E-state index is 3.74. The van der Waals surface area contributed by atoms with Crippen LogP contribution < -0.4 is 9.30 Å². The fraction of sp³-hybridized carbons (Fsp3) is 1.00. The zero-order valence-corrected chi connectivity index (χ0v) is 23.7. The fourth-order valence-electron chi connectivity index (χ4n) is 2.25. The molecule has 7 heteroatoms. The number of nitrogens with one attached hydrogen (secondary N) is 2. The van der Waals surface area contributed by atoms with E-state index in [4.69, 9.17) is 0 Å². The van der Waals surface area contributed by atoms with Crippen molar-refractivity contribution >= 4 is 56.8 Å². The van der Waals surface area contributed by atoms with Gasteiger partial charge in [-0.05, 0) is 0 Å². The summed E-state index contributed by atoms with van der Waals surface area (Å²) >= 11 is 0. The topological polar surface area (TPSA) is 24.1 Å². The van der Waals surface area contributed by atoms with Gasteiger partial charge in [-0.3, -0.25) is 0 Å². The molecule has 0 heterocycles. The molecule has 0 bridgehead atoms. The molecule has 0 saturated carbocycles. The number of hydrogen-bond acceptors (Lipinski definition) is 2. The Balaban J connectivity index is -0.000000256. The molecule has 0 fully saturated rings. The van der Waals surface area contributed by atoms with E-state index in [2.05, 4.69) is 87.9 Å². The minimum absolute atomic E-state index is 0. The quantitative estimate of drug-likeness (QED) is 0.650. The normalized spacial score (nSPS) is 13.3. The zero-order valence-electron chi connectivity index (χ0n) is 15.7. The molecule has 0 aliphatic rings. The maximum atomic E-state index is 3.74. The van der Waals surface area contributed by atoms with E-state index in [9.17, 15) is 0 Å². The van der Waals surface area contributed by atoms with Crippen LogP contribution in [-0.2, 0) is 0 Å². The fourth-order valence-corrected chi connectivity index (χ4v) is 20.2. The second-order valence-corrected chi connectivity index (χ2v) is 29.2. The van der Waals surface area contributed by atoms with Crippen molar-refractivity contribution in [2.75, 3.05) is 0 Å². The Kier molecular flexibility index (Phi) is 11.9. The van der Waals surface area contributed by atoms with Crippen LogP contribution in [0.3, 0.4) is 0 Å². The van der Waals surface area contributed by atoms with E-state index in [0.29, 0.717) is 0 Å². The van der Waals surface area contributed by atoms with Crippen molar-refractivity contribution in [2.24, 2.45) is 0 Å². The Labute approximate surface area is 144 Å². The summed E-state index contributed by atoms with van der Waals surface area (Å²) in [6, 6.07) is 0. The van der Waals surface area contributed by atoms with Crippen LogP contribution in [0.1, 0.15) is 0 Å². The Morgan fingerprint density at radius 1 is 0.368 bits per heavy atom. The average molecular weight is 444 g/mol. The van der Waals surface area contributed by atoms with Crippen LogP contribution in [0.25, 0.3) is 0 Å². The molecule has 0 aromatic rings. The van der Waals surface area contributed by atoms with Gasteiger partial charge in [-0.25, -0.2) is 0 Å². The molecule has 2 radical (unpaired) electrons. The monoisotopic (exact) mass is 444 g/mol. The van der Waals surface area contributed by atoms with Gasteiger partial charge >= 0.3 is 23.9 Å². The predicted octanol–water partition coefficient (Wildman–Crippen LogP) is 3.58. The van der Waals surface area contributed by atoms with Crippen LogP contribution >= 0.6 is 0 Å². The van der Waals surface area contributed by atoms with Crippen LogP contribution in [-0.4, -0.2) is 56.8 Å². The molecule has 118 valence electrons. The Bertz CT molecular complexity index is 184. The zero-order chi connectivity index (χ0) is 15.4. The summed E-state index contributed by atoms with van der Waals surface area (Å²) in [6.07, 6.45) is 0. The van der Waals surface area contributed by atoms with Gasteiger partial charge in [0, 0.05) is 0 Å². The first kappa shape index (κ1) is 25.5. The summed E-state index contributed by atoms with van der Waals surface area (Å²) in [4.78, 5) is 0. The summed E-state index contributed by atoms with van der Waals surface area (Å²) in [5.74, 6) is 0. The van der Waals surface area contributed by atoms with E-state index in [0.717, 1.165) is 0 Å². The number of rotatable bonds is 4. The van der Waals surface area contributed by atoms with Gasteiger partial charge in [-0.1, -0.05) is 78.6 Å². The second kappa shape index (κ2) is 8.89. The van der Waals surface area contributed by atoms with Crippen molar-refractivity contribution in [3.05, 3.63) is 0 Å². The van der Waals surface area contributed by atoms with Crippen LogP contribution in [0.4, 0.5) is 0 Å². The summed E-state index contributed by atoms with van der Waals surface area (Å²) in [5.41, 5.74) is 0. The van der Waals surface area contributed by atoms with Crippen LogP contribution in [0.15, 0.2) is 0 Å². The third kappa shape index (κ3) is 32.8. The van der Waals surface area contributed by atoms with Crippen LogP contribution in [0, 0.1) is 0 Å². The molecule has 2 N–H and O–H groups in total. The first-order valence-corrected chi connectivity index (χ1v) is 21.0. The minimum atomic E-state index is -0.981. The third-order valence-corrected chi connectivity index (χ3v) is 13.5. The molecule has 0 amide bonds. The Morgan fingerprint density at radius 2 is 0.474 bits per heavy atom. The molecule has 0 spiro atoms. The average Bonchev–Trinajstić information content (AvgIpc) is 1.64. The first-order chi connectivity index (χ1) is 7.41. The van der Waals surface area contributed by atoms with E-state index >= 15 is 0 Å². The third-order valence-electron chi connectivity index (χ3n) is 1.50. The van der Waals surface area contributed by atoms with Gasteiger partial charge < -0.3 is 9.30 Å². The Hall–Kier alpha value is 1.59. The molecule has 19 heavy (non-hydrogen) atoms. The van der Waals surface area contributed by atoms with Gasteiger partial charge in [0.1, 0.15) is 32.9 Å². The van der Waals surface area contributed by atoms with Gasteiger partial charge in [-0.15, -0.1) is 0 Å². The van der Waals surface area contributed by atoms with E-state index in [-0.39, 0.29) is 23.9 Å². The molecule has 0 aromatic carbocycles. The van der Waals surface area contributed by atoms with Crippen molar-refractivity contribution in [1.82, 2.24) is 9.30 Å². The molecule has 0 saturated heterocycles. The van der Waals surface area contributed by atoms with E-state index in [1.165, 1.54) is 0 Å². The standard InChI is InChI=1S/2C6H19NSi2.Sn.2H/c2*1-8(2,3)7-9(4,5)6;;;/h2*7H,1-6H3;;;.